The fourth-order valence-corrected chi connectivity index (χ4v) is 2.32. The van der Waals surface area contributed by atoms with Crippen LogP contribution in [0.5, 0.6) is 0 Å². The molecule has 1 aromatic rings. The second kappa shape index (κ2) is 3.05. The highest BCUT2D eigenvalue weighted by Gasteiger charge is 2.45. The summed E-state index contributed by atoms with van der Waals surface area (Å²) in [6.45, 7) is 4.02. The first-order valence-electron chi connectivity index (χ1n) is 4.76. The van der Waals surface area contributed by atoms with Gasteiger partial charge in [0, 0.05) is 5.41 Å². The van der Waals surface area contributed by atoms with Crippen LogP contribution in [0.2, 0.25) is 0 Å². The van der Waals surface area contributed by atoms with E-state index in [0.717, 1.165) is 11.1 Å². The van der Waals surface area contributed by atoms with Crippen LogP contribution in [-0.4, -0.2) is 16.4 Å². The summed E-state index contributed by atoms with van der Waals surface area (Å²) in [6, 6.07) is 7.42. The molecule has 0 unspecified atom stereocenters. The van der Waals surface area contributed by atoms with Gasteiger partial charge in [0.05, 0.1) is 12.1 Å². The minimum absolute atomic E-state index is 0.245. The van der Waals surface area contributed by atoms with Gasteiger partial charge in [-0.3, -0.25) is 0 Å². The molecule has 1 aromatic carbocycles. The lowest BCUT2D eigenvalue weighted by atomic mass is 9.83. The van der Waals surface area contributed by atoms with Crippen LogP contribution in [0.15, 0.2) is 24.3 Å². The number of hydroxylamine groups is 1. The lowest BCUT2D eigenvalue weighted by molar-refractivity contribution is 0.0224. The van der Waals surface area contributed by atoms with E-state index in [-0.39, 0.29) is 11.5 Å². The van der Waals surface area contributed by atoms with Gasteiger partial charge in [-0.15, -0.1) is 0 Å². The lowest BCUT2D eigenvalue weighted by Gasteiger charge is -2.28. The van der Waals surface area contributed by atoms with Crippen LogP contribution in [-0.2, 0) is 5.41 Å². The van der Waals surface area contributed by atoms with Gasteiger partial charge in [0.25, 0.3) is 0 Å². The molecule has 3 nitrogen and oxygen atoms in total. The number of aliphatic hydroxyl groups excluding tert-OH is 1. The van der Waals surface area contributed by atoms with Gasteiger partial charge < -0.3 is 10.3 Å². The van der Waals surface area contributed by atoms with Gasteiger partial charge in [0.15, 0.2) is 0 Å². The molecule has 14 heavy (non-hydrogen) atoms. The van der Waals surface area contributed by atoms with Gasteiger partial charge in [-0.25, -0.2) is 0 Å². The molecule has 0 amide bonds. The normalized spacial score (nSPS) is 28.9. The Morgan fingerprint density at radius 2 is 1.93 bits per heavy atom. The van der Waals surface area contributed by atoms with E-state index in [1.165, 1.54) is 0 Å². The van der Waals surface area contributed by atoms with Crippen molar-refractivity contribution >= 4 is 0 Å². The molecule has 0 aliphatic heterocycles. The van der Waals surface area contributed by atoms with Crippen molar-refractivity contribution < 1.29 is 10.3 Å². The zero-order chi connectivity index (χ0) is 10.3. The third-order valence-electron chi connectivity index (χ3n) is 3.21. The Morgan fingerprint density at radius 1 is 1.29 bits per heavy atom. The Kier molecular flexibility index (Phi) is 2.10. The van der Waals surface area contributed by atoms with Crippen LogP contribution in [0.1, 0.15) is 31.1 Å². The Labute approximate surface area is 83.3 Å². The minimum atomic E-state index is -0.633. The topological polar surface area (TPSA) is 52.5 Å². The second-order valence-electron chi connectivity index (χ2n) is 4.36. The van der Waals surface area contributed by atoms with Gasteiger partial charge in [-0.1, -0.05) is 38.1 Å². The molecule has 0 bridgehead atoms. The van der Waals surface area contributed by atoms with Crippen molar-refractivity contribution in [3.63, 3.8) is 0 Å². The fraction of sp³-hybridized carbons (Fsp3) is 0.455. The number of fused-ring (bicyclic) bond motifs is 1. The summed E-state index contributed by atoms with van der Waals surface area (Å²) in [5.74, 6) is 0. The monoisotopic (exact) mass is 193 g/mol. The first kappa shape index (κ1) is 9.65. The zero-order valence-corrected chi connectivity index (χ0v) is 8.36. The Morgan fingerprint density at radius 3 is 2.50 bits per heavy atom. The summed E-state index contributed by atoms with van der Waals surface area (Å²) in [7, 11) is 0. The van der Waals surface area contributed by atoms with E-state index in [1.807, 2.05) is 38.1 Å². The molecule has 2 atom stereocenters. The van der Waals surface area contributed by atoms with E-state index in [1.54, 1.807) is 0 Å². The Hall–Kier alpha value is -0.900. The average molecular weight is 193 g/mol. The van der Waals surface area contributed by atoms with E-state index in [9.17, 15) is 5.11 Å². The molecule has 0 heterocycles. The van der Waals surface area contributed by atoms with Gasteiger partial charge in [-0.05, 0) is 11.1 Å². The number of hydrogen-bond acceptors (Lipinski definition) is 3. The summed E-state index contributed by atoms with van der Waals surface area (Å²) in [6.07, 6.45) is -0.633. The van der Waals surface area contributed by atoms with Crippen molar-refractivity contribution in [2.45, 2.75) is 31.4 Å². The van der Waals surface area contributed by atoms with E-state index in [0.29, 0.717) is 0 Å². The summed E-state index contributed by atoms with van der Waals surface area (Å²) < 4.78 is 0. The number of rotatable bonds is 1. The highest BCUT2D eigenvalue weighted by atomic mass is 16.5. The van der Waals surface area contributed by atoms with E-state index >= 15 is 0 Å². The molecule has 0 saturated heterocycles. The number of nitrogens with one attached hydrogen (secondary N) is 1. The predicted molar refractivity (Wildman–Crippen MR) is 53.1 cm³/mol. The van der Waals surface area contributed by atoms with E-state index < -0.39 is 6.10 Å². The van der Waals surface area contributed by atoms with Crippen LogP contribution in [0.25, 0.3) is 0 Å². The molecule has 0 spiro atoms. The second-order valence-corrected chi connectivity index (χ2v) is 4.36. The fourth-order valence-electron chi connectivity index (χ4n) is 2.32. The summed E-state index contributed by atoms with van der Waals surface area (Å²) >= 11 is 0. The van der Waals surface area contributed by atoms with Crippen LogP contribution in [0, 0.1) is 0 Å². The third kappa shape index (κ3) is 1.10. The maximum atomic E-state index is 9.95. The van der Waals surface area contributed by atoms with Crippen LogP contribution < -0.4 is 5.48 Å². The highest BCUT2D eigenvalue weighted by Crippen LogP contribution is 2.44. The Balaban J connectivity index is 2.55. The lowest BCUT2D eigenvalue weighted by Crippen LogP contribution is -2.42. The van der Waals surface area contributed by atoms with E-state index in [2.05, 4.69) is 5.48 Å². The van der Waals surface area contributed by atoms with Crippen molar-refractivity contribution in [2.75, 3.05) is 0 Å². The van der Waals surface area contributed by atoms with E-state index in [4.69, 9.17) is 5.21 Å². The summed E-state index contributed by atoms with van der Waals surface area (Å²) in [5, 5.41) is 19.0. The first-order valence-corrected chi connectivity index (χ1v) is 4.76. The van der Waals surface area contributed by atoms with Gasteiger partial charge in [0.2, 0.25) is 0 Å². The van der Waals surface area contributed by atoms with Crippen LogP contribution in [0.4, 0.5) is 0 Å². The van der Waals surface area contributed by atoms with Gasteiger partial charge >= 0.3 is 0 Å². The maximum Gasteiger partial charge on any atom is 0.0977 e. The maximum absolute atomic E-state index is 9.95. The average Bonchev–Trinajstić information content (AvgIpc) is 2.36. The van der Waals surface area contributed by atoms with Crippen molar-refractivity contribution in [1.82, 2.24) is 5.48 Å². The predicted octanol–water partition coefficient (Wildman–Crippen LogP) is 1.36. The molecule has 3 N–H and O–H groups in total. The SMILES string of the molecule is CC1(C)c2ccccc2[C@@H](O)[C@H]1NO. The molecular weight excluding hydrogens is 178 g/mol. The third-order valence-corrected chi connectivity index (χ3v) is 3.21. The van der Waals surface area contributed by atoms with Crippen molar-refractivity contribution in [2.24, 2.45) is 0 Å². The molecule has 0 radical (unpaired) electrons. The molecule has 76 valence electrons. The molecule has 0 saturated carbocycles. The largest absolute Gasteiger partial charge is 0.387 e. The summed E-state index contributed by atoms with van der Waals surface area (Å²) in [5.41, 5.74) is 3.96. The van der Waals surface area contributed by atoms with Crippen molar-refractivity contribution in [3.05, 3.63) is 35.4 Å². The van der Waals surface area contributed by atoms with Gasteiger partial charge in [0.1, 0.15) is 0 Å². The molecule has 2 rings (SSSR count). The smallest absolute Gasteiger partial charge is 0.0977 e. The molecule has 1 aliphatic carbocycles. The minimum Gasteiger partial charge on any atom is -0.387 e. The van der Waals surface area contributed by atoms with Crippen molar-refractivity contribution in [1.29, 1.82) is 0 Å². The molecule has 0 fully saturated rings. The standard InChI is InChI=1S/C11H15NO2/c1-11(2)8-6-4-3-5-7(8)9(13)10(11)12-14/h3-6,9-10,12-14H,1-2H3/t9-,10-/m1/s1. The summed E-state index contributed by atoms with van der Waals surface area (Å²) in [4.78, 5) is 0. The molecule has 3 heteroatoms. The number of aliphatic hydroxyl groups is 1. The molecule has 1 aliphatic rings. The highest BCUT2D eigenvalue weighted by molar-refractivity contribution is 5.43. The Bertz CT molecular complexity index is 349. The zero-order valence-electron chi connectivity index (χ0n) is 8.36. The van der Waals surface area contributed by atoms with Crippen LogP contribution >= 0.6 is 0 Å². The molecular formula is C11H15NO2. The van der Waals surface area contributed by atoms with Crippen molar-refractivity contribution in [3.8, 4) is 0 Å². The quantitative estimate of drug-likeness (QED) is 0.590. The number of hydrogen-bond donors (Lipinski definition) is 3. The molecule has 0 aromatic heterocycles. The van der Waals surface area contributed by atoms with Gasteiger partial charge in [-0.2, -0.15) is 5.48 Å². The number of benzene rings is 1. The van der Waals surface area contributed by atoms with Crippen LogP contribution in [0.3, 0.4) is 0 Å². The first-order chi connectivity index (χ1) is 6.59.